The Balaban J connectivity index is 2.27. The first-order valence-corrected chi connectivity index (χ1v) is 9.33. The van der Waals surface area contributed by atoms with E-state index in [1.165, 1.54) is 6.92 Å². The number of methoxy groups -OCH3 is 1. The summed E-state index contributed by atoms with van der Waals surface area (Å²) in [7, 11) is -4.02. The summed E-state index contributed by atoms with van der Waals surface area (Å²) in [6, 6.07) is 0. The molecule has 6 N–H and O–H groups in total. The maximum absolute atomic E-state index is 11.3. The van der Waals surface area contributed by atoms with Crippen molar-refractivity contribution in [3.05, 3.63) is 0 Å². The second kappa shape index (κ2) is 8.80. The molecule has 15 heteroatoms. The number of rotatable bonds is 6. The molecule has 0 spiro atoms. The lowest BCUT2D eigenvalue weighted by Gasteiger charge is -2.45. The zero-order valence-corrected chi connectivity index (χ0v) is 15.4. The second-order valence-corrected chi connectivity index (χ2v) is 7.30. The van der Waals surface area contributed by atoms with Crippen molar-refractivity contribution >= 4 is 16.4 Å². The number of carboxylic acids is 1. The van der Waals surface area contributed by atoms with E-state index < -0.39 is 77.8 Å². The first-order chi connectivity index (χ1) is 12.9. The summed E-state index contributed by atoms with van der Waals surface area (Å²) in [5.74, 6) is -1.54. The minimum Gasteiger partial charge on any atom is -0.479 e. The van der Waals surface area contributed by atoms with E-state index >= 15 is 0 Å². The Hall–Kier alpha value is -0.980. The first kappa shape index (κ1) is 23.3. The molecule has 0 aromatic carbocycles. The predicted octanol–water partition coefficient (Wildman–Crippen LogP) is -3.80. The number of aliphatic hydroxyl groups is 4. The number of carboxylic acid groups (broad SMARTS) is 1. The Kier molecular flexibility index (Phi) is 7.32. The number of carbonyl (C=O) groups is 1. The van der Waals surface area contributed by atoms with Crippen molar-refractivity contribution in [1.29, 1.82) is 0 Å². The second-order valence-electron chi connectivity index (χ2n) is 6.26. The molecule has 2 fully saturated rings. The van der Waals surface area contributed by atoms with Crippen molar-refractivity contribution in [2.75, 3.05) is 7.11 Å². The molecule has 0 bridgehead atoms. The Morgan fingerprint density at radius 1 is 0.964 bits per heavy atom. The van der Waals surface area contributed by atoms with Gasteiger partial charge in [-0.2, -0.15) is 8.42 Å². The molecule has 2 rings (SSSR count). The largest absolute Gasteiger partial charge is 0.479 e. The molecular weight excluding hydrogens is 412 g/mol. The minimum atomic E-state index is -5.11. The Labute approximate surface area is 159 Å². The normalized spacial score (nSPS) is 45.0. The molecule has 10 unspecified atom stereocenters. The third-order valence-corrected chi connectivity index (χ3v) is 4.82. The summed E-state index contributed by atoms with van der Waals surface area (Å²) < 4.78 is 55.6. The topological polar surface area (TPSA) is 219 Å². The third kappa shape index (κ3) is 4.95. The molecule has 28 heavy (non-hydrogen) atoms. The van der Waals surface area contributed by atoms with E-state index in [1.54, 1.807) is 0 Å². The Morgan fingerprint density at radius 2 is 1.57 bits per heavy atom. The van der Waals surface area contributed by atoms with Gasteiger partial charge in [0.25, 0.3) is 0 Å². The number of hydrogen-bond donors (Lipinski definition) is 6. The van der Waals surface area contributed by atoms with Crippen molar-refractivity contribution in [3.63, 3.8) is 0 Å². The van der Waals surface area contributed by atoms with Crippen LogP contribution in [0.15, 0.2) is 0 Å². The van der Waals surface area contributed by atoms with Gasteiger partial charge in [-0.3, -0.25) is 4.55 Å². The Bertz CT molecular complexity index is 654. The van der Waals surface area contributed by atoms with Gasteiger partial charge in [0.2, 0.25) is 0 Å². The monoisotopic (exact) mass is 434 g/mol. The molecule has 0 radical (unpaired) electrons. The fourth-order valence-electron chi connectivity index (χ4n) is 3.01. The number of aliphatic carboxylic acids is 1. The number of aliphatic hydroxyl groups excluding tert-OH is 4. The maximum atomic E-state index is 11.3. The van der Waals surface area contributed by atoms with E-state index in [0.29, 0.717) is 0 Å². The average Bonchev–Trinajstić information content (AvgIpc) is 2.58. The highest BCUT2D eigenvalue weighted by Gasteiger charge is 2.53. The SMILES string of the molecule is COC1C(C(=O)O)OC(OC2C(C)OC(O)C(O)C2OS(=O)(=O)O)C(O)C1O. The van der Waals surface area contributed by atoms with Crippen LogP contribution in [0.1, 0.15) is 6.92 Å². The summed E-state index contributed by atoms with van der Waals surface area (Å²) in [5.41, 5.74) is 0. The highest BCUT2D eigenvalue weighted by atomic mass is 32.3. The van der Waals surface area contributed by atoms with E-state index in [9.17, 15) is 38.7 Å². The van der Waals surface area contributed by atoms with Gasteiger partial charge in [0, 0.05) is 7.11 Å². The zero-order chi connectivity index (χ0) is 21.4. The molecule has 0 aromatic heterocycles. The molecule has 10 atom stereocenters. The van der Waals surface area contributed by atoms with Gasteiger partial charge in [-0.25, -0.2) is 8.98 Å². The molecule has 2 aliphatic heterocycles. The summed E-state index contributed by atoms with van der Waals surface area (Å²) in [6.07, 6.45) is -17.2. The van der Waals surface area contributed by atoms with Gasteiger partial charge in [-0.1, -0.05) is 0 Å². The smallest absolute Gasteiger partial charge is 0.397 e. The molecular formula is C13H22O14S. The van der Waals surface area contributed by atoms with Crippen LogP contribution in [0.4, 0.5) is 0 Å². The first-order valence-electron chi connectivity index (χ1n) is 7.97. The minimum absolute atomic E-state index is 1.09. The van der Waals surface area contributed by atoms with E-state index in [2.05, 4.69) is 4.18 Å². The summed E-state index contributed by atoms with van der Waals surface area (Å²) >= 11 is 0. The van der Waals surface area contributed by atoms with Crippen LogP contribution >= 0.6 is 0 Å². The van der Waals surface area contributed by atoms with Crippen molar-refractivity contribution < 1.29 is 66.4 Å². The predicted molar refractivity (Wildman–Crippen MR) is 83.0 cm³/mol. The molecule has 0 saturated carbocycles. The maximum Gasteiger partial charge on any atom is 0.397 e. The van der Waals surface area contributed by atoms with Gasteiger partial charge >= 0.3 is 16.4 Å². The molecule has 14 nitrogen and oxygen atoms in total. The highest BCUT2D eigenvalue weighted by Crippen LogP contribution is 2.31. The van der Waals surface area contributed by atoms with Crippen molar-refractivity contribution in [3.8, 4) is 0 Å². The van der Waals surface area contributed by atoms with E-state index in [1.807, 2.05) is 0 Å². The van der Waals surface area contributed by atoms with Gasteiger partial charge < -0.3 is 44.5 Å². The zero-order valence-electron chi connectivity index (χ0n) is 14.6. The molecule has 164 valence electrons. The van der Waals surface area contributed by atoms with Crippen LogP contribution < -0.4 is 0 Å². The van der Waals surface area contributed by atoms with Crippen LogP contribution in [0.2, 0.25) is 0 Å². The molecule has 0 amide bonds. The standard InChI is InChI=1S/C13H22O14S/c1-3-7(9(27-28(20,21)22)6(16)12(19)24-3)25-13-5(15)4(14)8(23-2)10(26-13)11(17)18/h3-10,12-16,19H,1-2H3,(H,17,18)(H,20,21,22). The number of ether oxygens (including phenoxy) is 4. The fraction of sp³-hybridized carbons (Fsp3) is 0.923. The van der Waals surface area contributed by atoms with E-state index in [0.717, 1.165) is 7.11 Å². The van der Waals surface area contributed by atoms with Crippen LogP contribution in [0.5, 0.6) is 0 Å². The van der Waals surface area contributed by atoms with Crippen LogP contribution in [0, 0.1) is 0 Å². The molecule has 2 saturated heterocycles. The Morgan fingerprint density at radius 3 is 2.07 bits per heavy atom. The van der Waals surface area contributed by atoms with Crippen molar-refractivity contribution in [2.45, 2.75) is 68.3 Å². The lowest BCUT2D eigenvalue weighted by Crippen LogP contribution is -2.65. The van der Waals surface area contributed by atoms with Crippen LogP contribution in [0.3, 0.4) is 0 Å². The number of hydrogen-bond acceptors (Lipinski definition) is 12. The molecule has 2 heterocycles. The summed E-state index contributed by atoms with van der Waals surface area (Å²) in [6.45, 7) is 1.28. The summed E-state index contributed by atoms with van der Waals surface area (Å²) in [5, 5.41) is 49.0. The van der Waals surface area contributed by atoms with Crippen LogP contribution in [-0.4, -0.2) is 113 Å². The van der Waals surface area contributed by atoms with Gasteiger partial charge in [0.1, 0.15) is 36.6 Å². The van der Waals surface area contributed by atoms with Gasteiger partial charge in [0.05, 0.1) is 6.10 Å². The quantitative estimate of drug-likeness (QED) is 0.221. The lowest BCUT2D eigenvalue weighted by molar-refractivity contribution is -0.345. The van der Waals surface area contributed by atoms with Gasteiger partial charge in [-0.15, -0.1) is 0 Å². The highest BCUT2D eigenvalue weighted by molar-refractivity contribution is 7.80. The third-order valence-electron chi connectivity index (χ3n) is 4.35. The van der Waals surface area contributed by atoms with Gasteiger partial charge in [-0.05, 0) is 6.92 Å². The van der Waals surface area contributed by atoms with Crippen LogP contribution in [-0.2, 0) is 38.3 Å². The van der Waals surface area contributed by atoms with Crippen molar-refractivity contribution in [2.24, 2.45) is 0 Å². The van der Waals surface area contributed by atoms with Crippen molar-refractivity contribution in [1.82, 2.24) is 0 Å². The van der Waals surface area contributed by atoms with Crippen LogP contribution in [0.25, 0.3) is 0 Å². The molecule has 2 aliphatic rings. The fourth-order valence-corrected chi connectivity index (χ4v) is 3.51. The van der Waals surface area contributed by atoms with Gasteiger partial charge in [0.15, 0.2) is 18.7 Å². The molecule has 0 aromatic rings. The average molecular weight is 434 g/mol. The lowest BCUT2D eigenvalue weighted by atomic mass is 9.97. The van der Waals surface area contributed by atoms with E-state index in [-0.39, 0.29) is 0 Å². The van der Waals surface area contributed by atoms with E-state index in [4.69, 9.17) is 23.5 Å². The molecule has 0 aliphatic carbocycles. The summed E-state index contributed by atoms with van der Waals surface area (Å²) in [4.78, 5) is 11.3.